The number of nitrogens with one attached hydrogen (secondary N) is 1. The second-order valence-corrected chi connectivity index (χ2v) is 5.02. The van der Waals surface area contributed by atoms with Gasteiger partial charge >= 0.3 is 0 Å². The molecule has 1 N–H and O–H groups in total. The summed E-state index contributed by atoms with van der Waals surface area (Å²) in [7, 11) is 0. The van der Waals surface area contributed by atoms with Gasteiger partial charge in [0.25, 0.3) is 0 Å². The molecule has 0 saturated heterocycles. The SMILES string of the molecule is CCNc1cc(OCC(C)C)nc(-c2ccccc2)n1. The van der Waals surface area contributed by atoms with Gasteiger partial charge in [-0.05, 0) is 12.8 Å². The van der Waals surface area contributed by atoms with Crippen molar-refractivity contribution >= 4 is 5.82 Å². The monoisotopic (exact) mass is 271 g/mol. The predicted octanol–water partition coefficient (Wildman–Crippen LogP) is 3.61. The molecule has 1 aromatic heterocycles. The maximum Gasteiger partial charge on any atom is 0.219 e. The van der Waals surface area contributed by atoms with E-state index in [0.29, 0.717) is 24.2 Å². The van der Waals surface area contributed by atoms with Gasteiger partial charge in [0.1, 0.15) is 5.82 Å². The Morgan fingerprint density at radius 1 is 1.15 bits per heavy atom. The molecule has 106 valence electrons. The molecule has 4 heteroatoms. The summed E-state index contributed by atoms with van der Waals surface area (Å²) >= 11 is 0. The summed E-state index contributed by atoms with van der Waals surface area (Å²) in [5.74, 6) is 2.55. The van der Waals surface area contributed by atoms with Crippen LogP contribution < -0.4 is 10.1 Å². The minimum atomic E-state index is 0.465. The lowest BCUT2D eigenvalue weighted by molar-refractivity contribution is 0.261. The van der Waals surface area contributed by atoms with Crippen LogP contribution in [0.2, 0.25) is 0 Å². The molecule has 0 amide bonds. The molecule has 0 spiro atoms. The van der Waals surface area contributed by atoms with Crippen molar-refractivity contribution in [1.82, 2.24) is 9.97 Å². The first kappa shape index (κ1) is 14.3. The van der Waals surface area contributed by atoms with E-state index < -0.39 is 0 Å². The molecule has 0 aliphatic rings. The van der Waals surface area contributed by atoms with E-state index in [1.54, 1.807) is 0 Å². The maximum atomic E-state index is 5.73. The molecule has 2 aromatic rings. The molecule has 1 heterocycles. The van der Waals surface area contributed by atoms with Crippen molar-refractivity contribution in [2.45, 2.75) is 20.8 Å². The van der Waals surface area contributed by atoms with Gasteiger partial charge in [0.05, 0.1) is 6.61 Å². The number of benzene rings is 1. The molecule has 1 aromatic carbocycles. The summed E-state index contributed by atoms with van der Waals surface area (Å²) in [5.41, 5.74) is 0.988. The first-order valence-electron chi connectivity index (χ1n) is 7.00. The Morgan fingerprint density at radius 3 is 2.55 bits per heavy atom. The van der Waals surface area contributed by atoms with E-state index in [4.69, 9.17) is 4.74 Å². The standard InChI is InChI=1S/C16H21N3O/c1-4-17-14-10-15(20-11-12(2)3)19-16(18-14)13-8-6-5-7-9-13/h5-10,12H,4,11H2,1-3H3,(H,17,18,19). The third kappa shape index (κ3) is 3.95. The normalized spacial score (nSPS) is 10.6. The van der Waals surface area contributed by atoms with E-state index in [0.717, 1.165) is 17.9 Å². The van der Waals surface area contributed by atoms with Crippen LogP contribution in [-0.4, -0.2) is 23.1 Å². The zero-order valence-corrected chi connectivity index (χ0v) is 12.3. The van der Waals surface area contributed by atoms with Crippen molar-refractivity contribution in [2.24, 2.45) is 5.92 Å². The van der Waals surface area contributed by atoms with Gasteiger partial charge in [0.15, 0.2) is 5.82 Å². The van der Waals surface area contributed by atoms with Crippen molar-refractivity contribution in [2.75, 3.05) is 18.5 Å². The highest BCUT2D eigenvalue weighted by Gasteiger charge is 2.08. The summed E-state index contributed by atoms with van der Waals surface area (Å²) in [4.78, 5) is 9.00. The minimum absolute atomic E-state index is 0.465. The molecular weight excluding hydrogens is 250 g/mol. The molecule has 0 aliphatic carbocycles. The van der Waals surface area contributed by atoms with Crippen LogP contribution in [0.25, 0.3) is 11.4 Å². The fourth-order valence-electron chi connectivity index (χ4n) is 1.74. The number of anilines is 1. The molecule has 0 radical (unpaired) electrons. The van der Waals surface area contributed by atoms with E-state index in [-0.39, 0.29) is 0 Å². The summed E-state index contributed by atoms with van der Waals surface area (Å²) < 4.78 is 5.73. The second-order valence-electron chi connectivity index (χ2n) is 5.02. The second kappa shape index (κ2) is 6.89. The third-order valence-electron chi connectivity index (χ3n) is 2.66. The topological polar surface area (TPSA) is 47.0 Å². The maximum absolute atomic E-state index is 5.73. The fourth-order valence-corrected chi connectivity index (χ4v) is 1.74. The van der Waals surface area contributed by atoms with Crippen molar-refractivity contribution in [3.63, 3.8) is 0 Å². The molecule has 4 nitrogen and oxygen atoms in total. The first-order chi connectivity index (χ1) is 9.69. The molecule has 0 saturated carbocycles. The van der Waals surface area contributed by atoms with Crippen LogP contribution in [0.3, 0.4) is 0 Å². The molecule has 0 aliphatic heterocycles. The van der Waals surface area contributed by atoms with Gasteiger partial charge in [0.2, 0.25) is 5.88 Å². The Labute approximate surface area is 120 Å². The lowest BCUT2D eigenvalue weighted by Crippen LogP contribution is -2.08. The van der Waals surface area contributed by atoms with Crippen molar-refractivity contribution < 1.29 is 4.74 Å². The van der Waals surface area contributed by atoms with Gasteiger partial charge in [-0.3, -0.25) is 0 Å². The zero-order valence-electron chi connectivity index (χ0n) is 12.3. The Bertz CT molecular complexity index is 541. The largest absolute Gasteiger partial charge is 0.477 e. The van der Waals surface area contributed by atoms with E-state index >= 15 is 0 Å². The first-order valence-corrected chi connectivity index (χ1v) is 7.00. The molecule has 2 rings (SSSR count). The molecule has 0 fully saturated rings. The van der Waals surface area contributed by atoms with Gasteiger partial charge in [0, 0.05) is 18.2 Å². The van der Waals surface area contributed by atoms with Gasteiger partial charge in [-0.15, -0.1) is 0 Å². The molecule has 20 heavy (non-hydrogen) atoms. The van der Waals surface area contributed by atoms with Gasteiger partial charge in [-0.25, -0.2) is 4.98 Å². The molecular formula is C16H21N3O. The van der Waals surface area contributed by atoms with Gasteiger partial charge in [-0.1, -0.05) is 44.2 Å². The molecule has 0 bridgehead atoms. The van der Waals surface area contributed by atoms with Crippen molar-refractivity contribution in [3.05, 3.63) is 36.4 Å². The van der Waals surface area contributed by atoms with E-state index in [1.165, 1.54) is 0 Å². The predicted molar refractivity (Wildman–Crippen MR) is 82.0 cm³/mol. The quantitative estimate of drug-likeness (QED) is 0.872. The number of hydrogen-bond acceptors (Lipinski definition) is 4. The average molecular weight is 271 g/mol. The summed E-state index contributed by atoms with van der Waals surface area (Å²) in [6.45, 7) is 7.74. The zero-order chi connectivity index (χ0) is 14.4. The Morgan fingerprint density at radius 2 is 1.90 bits per heavy atom. The fraction of sp³-hybridized carbons (Fsp3) is 0.375. The number of rotatable bonds is 6. The number of aromatic nitrogens is 2. The summed E-state index contributed by atoms with van der Waals surface area (Å²) in [5, 5.41) is 3.21. The van der Waals surface area contributed by atoms with Crippen LogP contribution in [0.5, 0.6) is 5.88 Å². The van der Waals surface area contributed by atoms with Crippen molar-refractivity contribution in [3.8, 4) is 17.3 Å². The summed E-state index contributed by atoms with van der Waals surface area (Å²) in [6, 6.07) is 11.8. The van der Waals surface area contributed by atoms with Crippen LogP contribution in [0, 0.1) is 5.92 Å². The Hall–Kier alpha value is -2.10. The average Bonchev–Trinajstić information content (AvgIpc) is 2.46. The highest BCUT2D eigenvalue weighted by atomic mass is 16.5. The number of ether oxygens (including phenoxy) is 1. The smallest absolute Gasteiger partial charge is 0.219 e. The molecule has 0 unspecified atom stereocenters. The van der Waals surface area contributed by atoms with Crippen LogP contribution in [-0.2, 0) is 0 Å². The Balaban J connectivity index is 2.31. The Kier molecular flexibility index (Phi) is 4.93. The van der Waals surface area contributed by atoms with Crippen LogP contribution in [0.1, 0.15) is 20.8 Å². The highest BCUT2D eigenvalue weighted by molar-refractivity contribution is 5.58. The van der Waals surface area contributed by atoms with Crippen LogP contribution >= 0.6 is 0 Å². The number of nitrogens with zero attached hydrogens (tertiary/aromatic N) is 2. The number of hydrogen-bond donors (Lipinski definition) is 1. The summed E-state index contributed by atoms with van der Waals surface area (Å²) in [6.07, 6.45) is 0. The van der Waals surface area contributed by atoms with Gasteiger partial charge < -0.3 is 10.1 Å². The molecule has 0 atom stereocenters. The highest BCUT2D eigenvalue weighted by Crippen LogP contribution is 2.21. The van der Waals surface area contributed by atoms with Crippen LogP contribution in [0.4, 0.5) is 5.82 Å². The van der Waals surface area contributed by atoms with Gasteiger partial charge in [-0.2, -0.15) is 4.98 Å². The minimum Gasteiger partial charge on any atom is -0.477 e. The van der Waals surface area contributed by atoms with Crippen molar-refractivity contribution in [1.29, 1.82) is 0 Å². The van der Waals surface area contributed by atoms with E-state index in [9.17, 15) is 0 Å². The lowest BCUT2D eigenvalue weighted by Gasteiger charge is -2.11. The van der Waals surface area contributed by atoms with E-state index in [2.05, 4.69) is 29.1 Å². The van der Waals surface area contributed by atoms with Crippen LogP contribution in [0.15, 0.2) is 36.4 Å². The van der Waals surface area contributed by atoms with E-state index in [1.807, 2.05) is 43.3 Å². The lowest BCUT2D eigenvalue weighted by atomic mass is 10.2. The third-order valence-corrected chi connectivity index (χ3v) is 2.66.